The number of hydrogen-bond acceptors (Lipinski definition) is 2. The van der Waals surface area contributed by atoms with Crippen molar-refractivity contribution in [1.82, 2.24) is 10.2 Å². The highest BCUT2D eigenvalue weighted by Gasteiger charge is 2.29. The lowest BCUT2D eigenvalue weighted by Gasteiger charge is -2.31. The Labute approximate surface area is 172 Å². The topological polar surface area (TPSA) is 49.4 Å². The Morgan fingerprint density at radius 2 is 1.61 bits per heavy atom. The van der Waals surface area contributed by atoms with Gasteiger partial charge in [0.15, 0.2) is 0 Å². The number of carbonyl (C=O) groups is 2. The van der Waals surface area contributed by atoms with E-state index in [9.17, 15) is 9.59 Å². The molecule has 0 fully saturated rings. The Hall–Kier alpha value is -2.33. The monoisotopic (exact) mass is 400 g/mol. The number of hydrogen-bond donors (Lipinski definition) is 1. The van der Waals surface area contributed by atoms with Crippen LogP contribution >= 0.6 is 11.6 Å². The maximum atomic E-state index is 13.2. The fourth-order valence-corrected chi connectivity index (χ4v) is 3.15. The van der Waals surface area contributed by atoms with Crippen LogP contribution in [-0.2, 0) is 22.6 Å². The summed E-state index contributed by atoms with van der Waals surface area (Å²) >= 11 is 5.99. The molecule has 4 nitrogen and oxygen atoms in total. The Bertz CT molecular complexity index is 762. The van der Waals surface area contributed by atoms with Crippen molar-refractivity contribution in [3.63, 3.8) is 0 Å². The van der Waals surface area contributed by atoms with Gasteiger partial charge in [0.1, 0.15) is 6.04 Å². The van der Waals surface area contributed by atoms with E-state index in [2.05, 4.69) is 5.32 Å². The second kappa shape index (κ2) is 10.9. The predicted molar refractivity (Wildman–Crippen MR) is 114 cm³/mol. The first-order chi connectivity index (χ1) is 13.4. The minimum atomic E-state index is -0.513. The number of nitrogens with zero attached hydrogens (tertiary/aromatic N) is 1. The van der Waals surface area contributed by atoms with Gasteiger partial charge in [0.2, 0.25) is 11.8 Å². The summed E-state index contributed by atoms with van der Waals surface area (Å²) in [4.78, 5) is 27.7. The van der Waals surface area contributed by atoms with Crippen molar-refractivity contribution < 1.29 is 9.59 Å². The van der Waals surface area contributed by atoms with Crippen LogP contribution in [0, 0.1) is 0 Å². The normalized spacial score (nSPS) is 12.9. The van der Waals surface area contributed by atoms with Crippen LogP contribution in [0.3, 0.4) is 0 Å². The fourth-order valence-electron chi connectivity index (χ4n) is 3.02. The van der Waals surface area contributed by atoms with Crippen LogP contribution in [0.2, 0.25) is 5.02 Å². The highest BCUT2D eigenvalue weighted by molar-refractivity contribution is 6.30. The van der Waals surface area contributed by atoms with Crippen molar-refractivity contribution in [3.8, 4) is 0 Å². The molecule has 0 aliphatic heterocycles. The lowest BCUT2D eigenvalue weighted by Crippen LogP contribution is -2.51. The van der Waals surface area contributed by atoms with Crippen LogP contribution < -0.4 is 5.32 Å². The number of carbonyl (C=O) groups excluding carboxylic acids is 2. The van der Waals surface area contributed by atoms with E-state index in [1.54, 1.807) is 17.0 Å². The van der Waals surface area contributed by atoms with E-state index in [-0.39, 0.29) is 24.3 Å². The van der Waals surface area contributed by atoms with Crippen molar-refractivity contribution in [2.45, 2.75) is 58.7 Å². The molecule has 0 saturated carbocycles. The van der Waals surface area contributed by atoms with E-state index in [1.807, 2.05) is 63.2 Å². The summed E-state index contributed by atoms with van der Waals surface area (Å²) in [6.45, 7) is 6.30. The van der Waals surface area contributed by atoms with Gasteiger partial charge in [-0.1, -0.05) is 67.9 Å². The Morgan fingerprint density at radius 1 is 0.964 bits per heavy atom. The molecule has 0 aromatic heterocycles. The van der Waals surface area contributed by atoms with Crippen LogP contribution in [0.4, 0.5) is 0 Å². The first-order valence-corrected chi connectivity index (χ1v) is 10.2. The molecule has 0 heterocycles. The average Bonchev–Trinajstić information content (AvgIpc) is 2.69. The molecule has 0 saturated heterocycles. The fraction of sp³-hybridized carbons (Fsp3) is 0.391. The molecule has 2 amide bonds. The molecule has 2 atom stereocenters. The van der Waals surface area contributed by atoms with Gasteiger partial charge < -0.3 is 10.2 Å². The summed E-state index contributed by atoms with van der Waals surface area (Å²) in [5.74, 6) is -0.167. The van der Waals surface area contributed by atoms with Gasteiger partial charge in [0.05, 0.1) is 6.42 Å². The summed E-state index contributed by atoms with van der Waals surface area (Å²) in [5.41, 5.74) is 1.88. The van der Waals surface area contributed by atoms with Crippen LogP contribution in [0.15, 0.2) is 54.6 Å². The van der Waals surface area contributed by atoms with Gasteiger partial charge in [0, 0.05) is 17.6 Å². The average molecular weight is 401 g/mol. The van der Waals surface area contributed by atoms with Crippen LogP contribution in [0.5, 0.6) is 0 Å². The van der Waals surface area contributed by atoms with Crippen LogP contribution in [0.25, 0.3) is 0 Å². The van der Waals surface area contributed by atoms with Gasteiger partial charge in [-0.2, -0.15) is 0 Å². The summed E-state index contributed by atoms with van der Waals surface area (Å²) in [7, 11) is 0. The zero-order valence-corrected chi connectivity index (χ0v) is 17.6. The zero-order valence-electron chi connectivity index (χ0n) is 16.8. The number of halogens is 1. The number of rotatable bonds is 9. The second-order valence-electron chi connectivity index (χ2n) is 7.05. The van der Waals surface area contributed by atoms with Crippen molar-refractivity contribution >= 4 is 23.4 Å². The van der Waals surface area contributed by atoms with E-state index >= 15 is 0 Å². The minimum Gasteiger partial charge on any atom is -0.352 e. The maximum absolute atomic E-state index is 13.2. The molecule has 28 heavy (non-hydrogen) atoms. The highest BCUT2D eigenvalue weighted by Crippen LogP contribution is 2.17. The third-order valence-electron chi connectivity index (χ3n) is 4.85. The third-order valence-corrected chi connectivity index (χ3v) is 5.10. The minimum absolute atomic E-state index is 0.0627. The number of nitrogens with one attached hydrogen (secondary N) is 1. The lowest BCUT2D eigenvalue weighted by molar-refractivity contribution is -0.141. The molecule has 0 aliphatic rings. The van der Waals surface area contributed by atoms with E-state index < -0.39 is 6.04 Å². The van der Waals surface area contributed by atoms with E-state index in [1.165, 1.54) is 0 Å². The molecular formula is C23H29ClN2O2. The van der Waals surface area contributed by atoms with Gasteiger partial charge in [-0.25, -0.2) is 0 Å². The van der Waals surface area contributed by atoms with E-state index in [0.29, 0.717) is 18.0 Å². The quantitative estimate of drug-likeness (QED) is 0.668. The highest BCUT2D eigenvalue weighted by atomic mass is 35.5. The van der Waals surface area contributed by atoms with Crippen LogP contribution in [0.1, 0.15) is 44.7 Å². The molecule has 0 spiro atoms. The van der Waals surface area contributed by atoms with Crippen molar-refractivity contribution in [2.75, 3.05) is 0 Å². The van der Waals surface area contributed by atoms with Gasteiger partial charge in [-0.05, 0) is 43.0 Å². The molecule has 5 heteroatoms. The third kappa shape index (κ3) is 6.38. The van der Waals surface area contributed by atoms with Crippen molar-refractivity contribution in [3.05, 3.63) is 70.7 Å². The Kier molecular flexibility index (Phi) is 8.52. The Balaban J connectivity index is 2.25. The van der Waals surface area contributed by atoms with E-state index in [4.69, 9.17) is 11.6 Å². The second-order valence-corrected chi connectivity index (χ2v) is 7.49. The molecule has 0 radical (unpaired) electrons. The maximum Gasteiger partial charge on any atom is 0.243 e. The molecule has 2 aromatic rings. The van der Waals surface area contributed by atoms with Crippen LogP contribution in [-0.4, -0.2) is 28.8 Å². The molecule has 2 unspecified atom stereocenters. The number of benzene rings is 2. The molecule has 0 bridgehead atoms. The van der Waals surface area contributed by atoms with E-state index in [0.717, 1.165) is 17.5 Å². The first kappa shape index (κ1) is 22.0. The lowest BCUT2D eigenvalue weighted by atomic mass is 10.1. The molecule has 0 aliphatic carbocycles. The van der Waals surface area contributed by atoms with Crippen molar-refractivity contribution in [2.24, 2.45) is 0 Å². The summed E-state index contributed by atoms with van der Waals surface area (Å²) in [6.07, 6.45) is 1.66. The molecule has 2 rings (SSSR count). The SMILES string of the molecule is CCC(C)NC(=O)C(CC)N(Cc1ccc(Cl)cc1)C(=O)Cc1ccccc1. The van der Waals surface area contributed by atoms with Gasteiger partial charge in [-0.15, -0.1) is 0 Å². The molecule has 2 aromatic carbocycles. The Morgan fingerprint density at radius 3 is 2.18 bits per heavy atom. The molecule has 150 valence electrons. The molecular weight excluding hydrogens is 372 g/mol. The zero-order chi connectivity index (χ0) is 20.5. The molecule has 1 N–H and O–H groups in total. The summed E-state index contributed by atoms with van der Waals surface area (Å²) in [5, 5.41) is 3.67. The summed E-state index contributed by atoms with van der Waals surface area (Å²) < 4.78 is 0. The smallest absolute Gasteiger partial charge is 0.243 e. The van der Waals surface area contributed by atoms with Gasteiger partial charge >= 0.3 is 0 Å². The number of amides is 2. The van der Waals surface area contributed by atoms with Gasteiger partial charge in [-0.3, -0.25) is 9.59 Å². The summed E-state index contributed by atoms with van der Waals surface area (Å²) in [6, 6.07) is 16.6. The van der Waals surface area contributed by atoms with Crippen molar-refractivity contribution in [1.29, 1.82) is 0 Å². The first-order valence-electron chi connectivity index (χ1n) is 9.82. The predicted octanol–water partition coefficient (Wildman–Crippen LogP) is 4.60. The van der Waals surface area contributed by atoms with Gasteiger partial charge in [0.25, 0.3) is 0 Å². The standard InChI is InChI=1S/C23H29ClN2O2/c1-4-17(3)25-23(28)21(5-2)26(16-19-11-13-20(24)14-12-19)22(27)15-18-9-7-6-8-10-18/h6-14,17,21H,4-5,15-16H2,1-3H3,(H,25,28). The largest absolute Gasteiger partial charge is 0.352 e.